The minimum atomic E-state index is -0.226. The lowest BCUT2D eigenvalue weighted by molar-refractivity contribution is 0.0924. The Kier molecular flexibility index (Phi) is 4.93. The number of nitrogens with zero attached hydrogens (tertiary/aromatic N) is 5. The van der Waals surface area contributed by atoms with Crippen LogP contribution in [0, 0.1) is 0 Å². The van der Waals surface area contributed by atoms with Crippen molar-refractivity contribution in [1.82, 2.24) is 29.8 Å². The number of amides is 1. The third-order valence-electron chi connectivity index (χ3n) is 4.77. The molecule has 4 rings (SSSR count). The fraction of sp³-hybridized carbons (Fsp3) is 0.368. The van der Waals surface area contributed by atoms with Gasteiger partial charge >= 0.3 is 0 Å². The van der Waals surface area contributed by atoms with Crippen LogP contribution in [0.4, 0.5) is 17.2 Å². The van der Waals surface area contributed by atoms with E-state index in [-0.39, 0.29) is 11.9 Å². The van der Waals surface area contributed by atoms with E-state index in [1.165, 1.54) is 6.20 Å². The highest BCUT2D eigenvalue weighted by Crippen LogP contribution is 2.29. The first-order chi connectivity index (χ1) is 14.0. The third kappa shape index (κ3) is 3.66. The third-order valence-corrected chi connectivity index (χ3v) is 4.77. The van der Waals surface area contributed by atoms with Crippen LogP contribution < -0.4 is 20.7 Å². The molecule has 4 heterocycles. The lowest BCUT2D eigenvalue weighted by Gasteiger charge is -2.23. The average molecular weight is 396 g/mol. The Morgan fingerprint density at radius 1 is 1.28 bits per heavy atom. The zero-order valence-corrected chi connectivity index (χ0v) is 16.9. The van der Waals surface area contributed by atoms with Gasteiger partial charge in [0.1, 0.15) is 0 Å². The van der Waals surface area contributed by atoms with Crippen LogP contribution in [0.2, 0.25) is 0 Å². The number of fused-ring (bicyclic) bond motifs is 3. The standard InChI is InChI=1S/C19H24N8O2/c1-11-9-26(3)10-12-5-13(16(29-4)8-21-12)24-17-6-14(20-2)18-22-7-15(19(28)23-11)27(18)25-17/h5-8,11,20H,9-10H2,1-4H3,(H,23,28)(H,24,25)/t11-/m1/s1. The summed E-state index contributed by atoms with van der Waals surface area (Å²) in [6.07, 6.45) is 3.23. The van der Waals surface area contributed by atoms with Crippen molar-refractivity contribution in [2.45, 2.75) is 19.5 Å². The summed E-state index contributed by atoms with van der Waals surface area (Å²) < 4.78 is 7.00. The van der Waals surface area contributed by atoms with Crippen molar-refractivity contribution in [1.29, 1.82) is 0 Å². The molecule has 1 aliphatic heterocycles. The van der Waals surface area contributed by atoms with E-state index in [1.54, 1.807) is 24.9 Å². The number of methoxy groups -OCH3 is 1. The molecule has 0 spiro atoms. The number of anilines is 3. The number of imidazole rings is 1. The quantitative estimate of drug-likeness (QED) is 0.598. The number of hydrogen-bond donors (Lipinski definition) is 3. The Balaban J connectivity index is 1.89. The van der Waals surface area contributed by atoms with Crippen molar-refractivity contribution in [2.75, 3.05) is 38.4 Å². The van der Waals surface area contributed by atoms with Crippen molar-refractivity contribution in [3.63, 3.8) is 0 Å². The van der Waals surface area contributed by atoms with Crippen LogP contribution in [0.3, 0.4) is 0 Å². The van der Waals surface area contributed by atoms with Crippen LogP contribution in [0.1, 0.15) is 23.1 Å². The number of hydrogen-bond acceptors (Lipinski definition) is 8. The van der Waals surface area contributed by atoms with E-state index in [1.807, 2.05) is 26.1 Å². The minimum Gasteiger partial charge on any atom is -0.493 e. The maximum absolute atomic E-state index is 12.8. The Morgan fingerprint density at radius 2 is 2.10 bits per heavy atom. The molecular weight excluding hydrogens is 372 g/mol. The van der Waals surface area contributed by atoms with Gasteiger partial charge in [-0.25, -0.2) is 9.50 Å². The molecule has 0 aliphatic carbocycles. The Hall–Kier alpha value is -3.40. The van der Waals surface area contributed by atoms with E-state index in [0.717, 1.165) is 17.1 Å². The van der Waals surface area contributed by atoms with Gasteiger partial charge in [-0.15, -0.1) is 5.10 Å². The van der Waals surface area contributed by atoms with Crippen LogP contribution in [-0.2, 0) is 6.54 Å². The van der Waals surface area contributed by atoms with Crippen molar-refractivity contribution in [2.24, 2.45) is 0 Å². The second kappa shape index (κ2) is 7.55. The molecule has 0 fully saturated rings. The van der Waals surface area contributed by atoms with Gasteiger partial charge < -0.3 is 20.7 Å². The summed E-state index contributed by atoms with van der Waals surface area (Å²) in [5.41, 5.74) is 3.31. The minimum absolute atomic E-state index is 0.0659. The number of rotatable bonds is 2. The normalized spacial score (nSPS) is 17.5. The Morgan fingerprint density at radius 3 is 2.86 bits per heavy atom. The highest BCUT2D eigenvalue weighted by atomic mass is 16.5. The van der Waals surface area contributed by atoms with Gasteiger partial charge in [0.2, 0.25) is 0 Å². The number of carbonyl (C=O) groups excluding carboxylic acids is 1. The van der Waals surface area contributed by atoms with Crippen LogP contribution in [0.25, 0.3) is 5.65 Å². The molecule has 10 heteroatoms. The topological polar surface area (TPSA) is 109 Å². The highest BCUT2D eigenvalue weighted by molar-refractivity contribution is 5.94. The van der Waals surface area contributed by atoms with E-state index in [4.69, 9.17) is 4.74 Å². The smallest absolute Gasteiger partial charge is 0.271 e. The maximum Gasteiger partial charge on any atom is 0.271 e. The summed E-state index contributed by atoms with van der Waals surface area (Å²) in [4.78, 5) is 23.8. The molecule has 3 aromatic rings. The first-order valence-electron chi connectivity index (χ1n) is 9.34. The average Bonchev–Trinajstić information content (AvgIpc) is 3.10. The molecular formula is C19H24N8O2. The first kappa shape index (κ1) is 18.9. The molecule has 0 unspecified atom stereocenters. The number of pyridine rings is 1. The van der Waals surface area contributed by atoms with Crippen LogP contribution in [-0.4, -0.2) is 64.2 Å². The molecule has 152 valence electrons. The zero-order chi connectivity index (χ0) is 20.5. The van der Waals surface area contributed by atoms with Gasteiger partial charge in [0.05, 0.1) is 36.6 Å². The highest BCUT2D eigenvalue weighted by Gasteiger charge is 2.20. The number of ether oxygens (including phenoxy) is 1. The predicted molar refractivity (Wildman–Crippen MR) is 110 cm³/mol. The molecule has 1 amide bonds. The van der Waals surface area contributed by atoms with E-state index >= 15 is 0 Å². The molecule has 3 N–H and O–H groups in total. The van der Waals surface area contributed by atoms with Gasteiger partial charge in [-0.2, -0.15) is 0 Å². The largest absolute Gasteiger partial charge is 0.493 e. The number of aromatic nitrogens is 4. The molecule has 3 aromatic heterocycles. The van der Waals surface area contributed by atoms with Crippen LogP contribution in [0.15, 0.2) is 24.5 Å². The molecule has 0 saturated carbocycles. The van der Waals surface area contributed by atoms with Gasteiger partial charge in [-0.3, -0.25) is 14.7 Å². The summed E-state index contributed by atoms with van der Waals surface area (Å²) >= 11 is 0. The van der Waals surface area contributed by atoms with E-state index in [9.17, 15) is 4.79 Å². The molecule has 29 heavy (non-hydrogen) atoms. The van der Waals surface area contributed by atoms with Gasteiger partial charge in [0, 0.05) is 32.2 Å². The van der Waals surface area contributed by atoms with E-state index in [0.29, 0.717) is 36.0 Å². The monoisotopic (exact) mass is 396 g/mol. The predicted octanol–water partition coefficient (Wildman–Crippen LogP) is 1.48. The van der Waals surface area contributed by atoms with Gasteiger partial charge in [0.15, 0.2) is 22.9 Å². The van der Waals surface area contributed by atoms with Gasteiger partial charge in [-0.1, -0.05) is 0 Å². The lowest BCUT2D eigenvalue weighted by atomic mass is 10.2. The molecule has 4 bridgehead atoms. The summed E-state index contributed by atoms with van der Waals surface area (Å²) in [5, 5.41) is 14.0. The summed E-state index contributed by atoms with van der Waals surface area (Å²) in [5.74, 6) is 0.924. The number of nitrogens with one attached hydrogen (secondary N) is 3. The van der Waals surface area contributed by atoms with Crippen molar-refractivity contribution >= 4 is 28.7 Å². The number of carbonyl (C=O) groups is 1. The van der Waals surface area contributed by atoms with Crippen LogP contribution >= 0.6 is 0 Å². The SMILES string of the molecule is CNc1cc2nn3c(cnc13)C(=O)N[C@H](C)CN(C)Cc1cc(c(OC)cn1)N2. The first-order valence-corrected chi connectivity index (χ1v) is 9.34. The van der Waals surface area contributed by atoms with Gasteiger partial charge in [-0.05, 0) is 20.0 Å². The fourth-order valence-electron chi connectivity index (χ4n) is 3.49. The zero-order valence-electron chi connectivity index (χ0n) is 16.9. The molecule has 10 nitrogen and oxygen atoms in total. The Labute approximate surface area is 168 Å². The molecule has 0 aromatic carbocycles. The maximum atomic E-state index is 12.8. The Bertz CT molecular complexity index is 1060. The van der Waals surface area contributed by atoms with Crippen molar-refractivity contribution in [3.05, 3.63) is 35.9 Å². The second-order valence-electron chi connectivity index (χ2n) is 7.14. The summed E-state index contributed by atoms with van der Waals surface area (Å²) in [7, 11) is 5.39. The van der Waals surface area contributed by atoms with Gasteiger partial charge in [0.25, 0.3) is 5.91 Å². The fourth-order valence-corrected chi connectivity index (χ4v) is 3.49. The van der Waals surface area contributed by atoms with E-state index < -0.39 is 0 Å². The number of likely N-dealkylation sites (N-methyl/N-ethyl adjacent to an activating group) is 1. The lowest BCUT2D eigenvalue weighted by Crippen LogP contribution is -2.41. The van der Waals surface area contributed by atoms with Crippen molar-refractivity contribution < 1.29 is 9.53 Å². The second-order valence-corrected chi connectivity index (χ2v) is 7.14. The van der Waals surface area contributed by atoms with Crippen LogP contribution in [0.5, 0.6) is 5.75 Å². The van der Waals surface area contributed by atoms with E-state index in [2.05, 4.69) is 35.9 Å². The summed E-state index contributed by atoms with van der Waals surface area (Å²) in [6.45, 7) is 3.26. The molecule has 1 aliphatic rings. The van der Waals surface area contributed by atoms with Crippen molar-refractivity contribution in [3.8, 4) is 5.75 Å². The molecule has 0 saturated heterocycles. The molecule has 0 radical (unpaired) electrons. The summed E-state index contributed by atoms with van der Waals surface area (Å²) in [6, 6.07) is 3.72. The molecule has 1 atom stereocenters.